The molecule has 0 aliphatic carbocycles. The summed E-state index contributed by atoms with van der Waals surface area (Å²) in [7, 11) is -3.38. The van der Waals surface area contributed by atoms with E-state index in [1.54, 1.807) is 19.1 Å². The van der Waals surface area contributed by atoms with Gasteiger partial charge in [-0.05, 0) is 37.0 Å². The van der Waals surface area contributed by atoms with Crippen molar-refractivity contribution in [2.75, 3.05) is 13.1 Å². The molecule has 1 aliphatic heterocycles. The molecule has 0 spiro atoms. The minimum Gasteiger partial charge on any atom is -0.207 e. The second-order valence-corrected chi connectivity index (χ2v) is 6.45. The van der Waals surface area contributed by atoms with Gasteiger partial charge in [0, 0.05) is 19.1 Å². The molecule has 106 valence electrons. The molecular weight excluding hydrogens is 267 g/mol. The Labute approximate surface area is 113 Å². The molecule has 1 atom stereocenters. The number of hydrogen-bond donors (Lipinski definition) is 1. The normalized spacial score (nSPS) is 20.8. The van der Waals surface area contributed by atoms with E-state index in [2.05, 4.69) is 4.72 Å². The first-order valence-corrected chi connectivity index (χ1v) is 7.98. The molecule has 0 saturated carbocycles. The standard InChI is InChI=1S/C13H19FN2O2S/c1-2-15-19(17,18)16-9-3-4-13(16)10-11-5-7-12(14)8-6-11/h5-8,13,15H,2-4,9-10H2,1H3. The summed E-state index contributed by atoms with van der Waals surface area (Å²) in [5, 5.41) is 0. The van der Waals surface area contributed by atoms with E-state index in [0.717, 1.165) is 18.4 Å². The van der Waals surface area contributed by atoms with Gasteiger partial charge in [0.15, 0.2) is 0 Å². The van der Waals surface area contributed by atoms with Crippen LogP contribution < -0.4 is 4.72 Å². The van der Waals surface area contributed by atoms with Crippen LogP contribution in [0.2, 0.25) is 0 Å². The Morgan fingerprint density at radius 2 is 2.05 bits per heavy atom. The number of nitrogens with zero attached hydrogens (tertiary/aromatic N) is 1. The third-order valence-corrected chi connectivity index (χ3v) is 5.09. The minimum atomic E-state index is -3.38. The lowest BCUT2D eigenvalue weighted by molar-refractivity contribution is 0.379. The van der Waals surface area contributed by atoms with Crippen molar-refractivity contribution in [1.82, 2.24) is 9.03 Å². The first-order valence-electron chi connectivity index (χ1n) is 6.54. The lowest BCUT2D eigenvalue weighted by Gasteiger charge is -2.24. The third-order valence-electron chi connectivity index (χ3n) is 3.34. The number of hydrogen-bond acceptors (Lipinski definition) is 2. The molecule has 2 rings (SSSR count). The summed E-state index contributed by atoms with van der Waals surface area (Å²) in [5.41, 5.74) is 0.963. The van der Waals surface area contributed by atoms with Crippen molar-refractivity contribution in [1.29, 1.82) is 0 Å². The highest BCUT2D eigenvalue weighted by molar-refractivity contribution is 7.87. The molecule has 1 unspecified atom stereocenters. The highest BCUT2D eigenvalue weighted by atomic mass is 32.2. The highest BCUT2D eigenvalue weighted by Gasteiger charge is 2.33. The quantitative estimate of drug-likeness (QED) is 0.895. The fraction of sp³-hybridized carbons (Fsp3) is 0.538. The van der Waals surface area contributed by atoms with E-state index >= 15 is 0 Å². The van der Waals surface area contributed by atoms with Crippen LogP contribution in [-0.4, -0.2) is 31.9 Å². The van der Waals surface area contributed by atoms with Crippen molar-refractivity contribution in [2.45, 2.75) is 32.2 Å². The maximum Gasteiger partial charge on any atom is 0.279 e. The summed E-state index contributed by atoms with van der Waals surface area (Å²) in [6, 6.07) is 6.22. The van der Waals surface area contributed by atoms with Crippen LogP contribution in [0.15, 0.2) is 24.3 Å². The molecule has 1 fully saturated rings. The summed E-state index contributed by atoms with van der Waals surface area (Å²) in [6.45, 7) is 2.71. The van der Waals surface area contributed by atoms with Crippen LogP contribution in [-0.2, 0) is 16.6 Å². The van der Waals surface area contributed by atoms with Crippen molar-refractivity contribution in [3.8, 4) is 0 Å². The molecular formula is C13H19FN2O2S. The van der Waals surface area contributed by atoms with Gasteiger partial charge in [0.25, 0.3) is 10.2 Å². The molecule has 0 aromatic heterocycles. The summed E-state index contributed by atoms with van der Waals surface area (Å²) in [5.74, 6) is -0.271. The Morgan fingerprint density at radius 3 is 2.68 bits per heavy atom. The van der Waals surface area contributed by atoms with E-state index < -0.39 is 10.2 Å². The Bertz CT molecular complexity index is 516. The average Bonchev–Trinajstić information content (AvgIpc) is 2.81. The third kappa shape index (κ3) is 3.52. The summed E-state index contributed by atoms with van der Waals surface area (Å²) < 4.78 is 41.0. The van der Waals surface area contributed by atoms with E-state index in [9.17, 15) is 12.8 Å². The second kappa shape index (κ2) is 5.98. The van der Waals surface area contributed by atoms with Gasteiger partial charge in [0.1, 0.15) is 5.82 Å². The zero-order valence-electron chi connectivity index (χ0n) is 11.0. The fourth-order valence-corrected chi connectivity index (χ4v) is 3.96. The molecule has 0 radical (unpaired) electrons. The Balaban J connectivity index is 2.09. The number of benzene rings is 1. The van der Waals surface area contributed by atoms with Crippen LogP contribution in [0.5, 0.6) is 0 Å². The Morgan fingerprint density at radius 1 is 1.37 bits per heavy atom. The summed E-state index contributed by atoms with van der Waals surface area (Å²) >= 11 is 0. The smallest absolute Gasteiger partial charge is 0.207 e. The van der Waals surface area contributed by atoms with Crippen LogP contribution in [0.1, 0.15) is 25.3 Å². The van der Waals surface area contributed by atoms with Crippen molar-refractivity contribution < 1.29 is 12.8 Å². The summed E-state index contributed by atoms with van der Waals surface area (Å²) in [6.07, 6.45) is 2.35. The Kier molecular flexibility index (Phi) is 4.54. The van der Waals surface area contributed by atoms with Gasteiger partial charge in [-0.15, -0.1) is 0 Å². The van der Waals surface area contributed by atoms with E-state index in [1.807, 2.05) is 0 Å². The van der Waals surface area contributed by atoms with Crippen molar-refractivity contribution in [2.24, 2.45) is 0 Å². The van der Waals surface area contributed by atoms with Gasteiger partial charge < -0.3 is 0 Å². The molecule has 1 heterocycles. The van der Waals surface area contributed by atoms with Gasteiger partial charge in [-0.25, -0.2) is 9.11 Å². The molecule has 19 heavy (non-hydrogen) atoms. The lowest BCUT2D eigenvalue weighted by Crippen LogP contribution is -2.44. The minimum absolute atomic E-state index is 0.0329. The van der Waals surface area contributed by atoms with E-state index in [1.165, 1.54) is 16.4 Å². The van der Waals surface area contributed by atoms with Gasteiger partial charge in [-0.1, -0.05) is 19.1 Å². The van der Waals surface area contributed by atoms with Crippen molar-refractivity contribution in [3.63, 3.8) is 0 Å². The first-order chi connectivity index (χ1) is 9.03. The molecule has 0 amide bonds. The van der Waals surface area contributed by atoms with Gasteiger partial charge in [0.2, 0.25) is 0 Å². The maximum atomic E-state index is 12.9. The molecule has 1 saturated heterocycles. The Hall–Kier alpha value is -0.980. The average molecular weight is 286 g/mol. The molecule has 4 nitrogen and oxygen atoms in total. The van der Waals surface area contributed by atoms with Gasteiger partial charge in [-0.3, -0.25) is 0 Å². The lowest BCUT2D eigenvalue weighted by atomic mass is 10.0. The first kappa shape index (κ1) is 14.4. The van der Waals surface area contributed by atoms with Crippen LogP contribution in [0, 0.1) is 5.82 Å². The fourth-order valence-electron chi connectivity index (χ4n) is 2.49. The molecule has 6 heteroatoms. The monoisotopic (exact) mass is 286 g/mol. The van der Waals surface area contributed by atoms with E-state index in [0.29, 0.717) is 19.5 Å². The van der Waals surface area contributed by atoms with E-state index in [4.69, 9.17) is 0 Å². The SMILES string of the molecule is CCNS(=O)(=O)N1CCCC1Cc1ccc(F)cc1. The highest BCUT2D eigenvalue weighted by Crippen LogP contribution is 2.23. The predicted molar refractivity (Wildman–Crippen MR) is 72.4 cm³/mol. The molecule has 1 aromatic rings. The maximum absolute atomic E-state index is 12.9. The van der Waals surface area contributed by atoms with Crippen LogP contribution in [0.3, 0.4) is 0 Å². The molecule has 1 N–H and O–H groups in total. The number of halogens is 1. The number of nitrogens with one attached hydrogen (secondary N) is 1. The number of rotatable bonds is 5. The van der Waals surface area contributed by atoms with Crippen LogP contribution in [0.4, 0.5) is 4.39 Å². The van der Waals surface area contributed by atoms with Gasteiger partial charge >= 0.3 is 0 Å². The zero-order valence-corrected chi connectivity index (χ0v) is 11.8. The topological polar surface area (TPSA) is 49.4 Å². The predicted octanol–water partition coefficient (Wildman–Crippen LogP) is 1.69. The van der Waals surface area contributed by atoms with Crippen molar-refractivity contribution in [3.05, 3.63) is 35.6 Å². The van der Waals surface area contributed by atoms with Crippen LogP contribution >= 0.6 is 0 Å². The van der Waals surface area contributed by atoms with E-state index in [-0.39, 0.29) is 11.9 Å². The molecule has 1 aromatic carbocycles. The van der Waals surface area contributed by atoms with Gasteiger partial charge in [0.05, 0.1) is 0 Å². The zero-order chi connectivity index (χ0) is 13.9. The van der Waals surface area contributed by atoms with Gasteiger partial charge in [-0.2, -0.15) is 12.7 Å². The molecule has 0 bridgehead atoms. The summed E-state index contributed by atoms with van der Waals surface area (Å²) in [4.78, 5) is 0. The van der Waals surface area contributed by atoms with Crippen LogP contribution in [0.25, 0.3) is 0 Å². The largest absolute Gasteiger partial charge is 0.279 e. The molecule has 1 aliphatic rings. The van der Waals surface area contributed by atoms with Crippen molar-refractivity contribution >= 4 is 10.2 Å². The second-order valence-electron chi connectivity index (χ2n) is 4.74.